The van der Waals surface area contributed by atoms with Crippen LogP contribution in [0.2, 0.25) is 0 Å². The van der Waals surface area contributed by atoms with Crippen LogP contribution in [0.1, 0.15) is 41.3 Å². The molecule has 3 aliphatic rings. The number of piperidine rings is 1. The number of alkyl halides is 3. The number of hydrogen-bond acceptors (Lipinski definition) is 5. The van der Waals surface area contributed by atoms with Gasteiger partial charge in [0.1, 0.15) is 11.4 Å². The van der Waals surface area contributed by atoms with Gasteiger partial charge in [-0.25, -0.2) is 25.9 Å². The summed E-state index contributed by atoms with van der Waals surface area (Å²) in [6, 6.07) is 5.14. The molecule has 1 saturated carbocycles. The number of carbonyl (C=O) groups is 2. The number of aliphatic imine (C=N–C) groups is 1. The second kappa shape index (κ2) is 8.29. The molecule has 1 aromatic rings. The molecule has 4 rings (SSSR count). The van der Waals surface area contributed by atoms with Crippen LogP contribution in [0.3, 0.4) is 0 Å². The molecule has 0 radical (unpaired) electrons. The van der Waals surface area contributed by atoms with Crippen molar-refractivity contribution in [3.05, 3.63) is 34.9 Å². The van der Waals surface area contributed by atoms with Gasteiger partial charge in [0, 0.05) is 32.7 Å². The lowest BCUT2D eigenvalue weighted by molar-refractivity contribution is -0.125. The molecular weight excluding hydrogens is 485 g/mol. The zero-order valence-corrected chi connectivity index (χ0v) is 20.9. The Labute approximate surface area is 202 Å². The Hall–Kier alpha value is -2.47. The third-order valence-electron chi connectivity index (χ3n) is 7.44. The number of sulfonamides is 1. The molecule has 1 aromatic carbocycles. The predicted octanol–water partition coefficient (Wildman–Crippen LogP) is 1.93. The summed E-state index contributed by atoms with van der Waals surface area (Å²) in [4.78, 5) is 30.2. The fraction of sp³-hybridized carbons (Fsp3) is 0.609. The molecular formula is C23H29F3N4O4S. The molecule has 192 valence electrons. The van der Waals surface area contributed by atoms with Gasteiger partial charge in [0.15, 0.2) is 0 Å². The van der Waals surface area contributed by atoms with E-state index in [4.69, 9.17) is 0 Å². The fourth-order valence-electron chi connectivity index (χ4n) is 4.79. The molecule has 8 nitrogen and oxygen atoms in total. The van der Waals surface area contributed by atoms with Crippen LogP contribution < -0.4 is 5.32 Å². The maximum Gasteiger partial charge on any atom is 0.295 e. The number of amides is 2. The van der Waals surface area contributed by atoms with Crippen LogP contribution in [-0.2, 0) is 21.2 Å². The van der Waals surface area contributed by atoms with Crippen molar-refractivity contribution >= 4 is 27.7 Å². The zero-order valence-electron chi connectivity index (χ0n) is 20.1. The van der Waals surface area contributed by atoms with E-state index >= 15 is 0 Å². The Bertz CT molecular complexity index is 1210. The number of rotatable bonds is 6. The van der Waals surface area contributed by atoms with Gasteiger partial charge in [0.05, 0.1) is 11.7 Å². The second-order valence-electron chi connectivity index (χ2n) is 9.81. The molecule has 1 spiro atoms. The molecule has 12 heteroatoms. The molecule has 0 bridgehead atoms. The number of aryl methyl sites for hydroxylation is 2. The summed E-state index contributed by atoms with van der Waals surface area (Å²) in [6.45, 7) is 2.83. The Morgan fingerprint density at radius 1 is 1.23 bits per heavy atom. The highest BCUT2D eigenvalue weighted by Crippen LogP contribution is 2.62. The predicted molar refractivity (Wildman–Crippen MR) is 124 cm³/mol. The van der Waals surface area contributed by atoms with E-state index in [1.807, 2.05) is 6.92 Å². The van der Waals surface area contributed by atoms with E-state index in [1.54, 1.807) is 32.3 Å². The Kier molecular flexibility index (Phi) is 6.07. The first-order chi connectivity index (χ1) is 16.2. The van der Waals surface area contributed by atoms with Crippen LogP contribution in [0, 0.1) is 12.8 Å². The monoisotopic (exact) mass is 514 g/mol. The van der Waals surface area contributed by atoms with Crippen molar-refractivity contribution in [2.24, 2.45) is 10.9 Å². The van der Waals surface area contributed by atoms with Crippen LogP contribution in [0.25, 0.3) is 0 Å². The zero-order chi connectivity index (χ0) is 26.0. The SMILES string of the molecule is Cc1cc(C(=O)N(C)C)ccc1CCS(=O)(=O)N1CCC2(CC1)N=C(C1(F)C(C)C1(F)F)NC2=O. The number of hydrogen-bond donors (Lipinski definition) is 1. The smallest absolute Gasteiger partial charge is 0.295 e. The van der Waals surface area contributed by atoms with Crippen molar-refractivity contribution in [3.63, 3.8) is 0 Å². The van der Waals surface area contributed by atoms with Crippen LogP contribution in [0.4, 0.5) is 13.2 Å². The molecule has 2 heterocycles. The number of benzene rings is 1. The maximum atomic E-state index is 14.7. The summed E-state index contributed by atoms with van der Waals surface area (Å²) in [6.07, 6.45) is 0.211. The van der Waals surface area contributed by atoms with Gasteiger partial charge in [-0.2, -0.15) is 0 Å². The lowest BCUT2D eigenvalue weighted by Gasteiger charge is -2.34. The number of halogens is 3. The van der Waals surface area contributed by atoms with Crippen LogP contribution >= 0.6 is 0 Å². The van der Waals surface area contributed by atoms with E-state index < -0.39 is 44.8 Å². The molecule has 2 amide bonds. The molecule has 1 saturated heterocycles. The number of amidine groups is 1. The molecule has 1 N–H and O–H groups in total. The average Bonchev–Trinajstić information content (AvgIpc) is 3.03. The average molecular weight is 515 g/mol. The number of carbonyl (C=O) groups excluding carboxylic acids is 2. The highest BCUT2D eigenvalue weighted by Gasteiger charge is 2.84. The summed E-state index contributed by atoms with van der Waals surface area (Å²) in [7, 11) is -0.370. The third-order valence-corrected chi connectivity index (χ3v) is 9.31. The van der Waals surface area contributed by atoms with Crippen LogP contribution in [0.5, 0.6) is 0 Å². The van der Waals surface area contributed by atoms with E-state index in [0.29, 0.717) is 5.56 Å². The van der Waals surface area contributed by atoms with Crippen molar-refractivity contribution in [1.29, 1.82) is 0 Å². The Morgan fingerprint density at radius 3 is 2.34 bits per heavy atom. The normalized spacial score (nSPS) is 27.5. The summed E-state index contributed by atoms with van der Waals surface area (Å²) in [5.74, 6) is -6.80. The van der Waals surface area contributed by atoms with E-state index in [2.05, 4.69) is 10.3 Å². The molecule has 2 aliphatic heterocycles. The van der Waals surface area contributed by atoms with Gasteiger partial charge in [-0.1, -0.05) is 13.0 Å². The maximum absolute atomic E-state index is 14.7. The molecule has 2 fully saturated rings. The van der Waals surface area contributed by atoms with Crippen LogP contribution in [-0.4, -0.2) is 85.3 Å². The first-order valence-electron chi connectivity index (χ1n) is 11.4. The van der Waals surface area contributed by atoms with E-state index in [-0.39, 0.29) is 44.0 Å². The second-order valence-corrected chi connectivity index (χ2v) is 11.9. The Morgan fingerprint density at radius 2 is 1.83 bits per heavy atom. The van der Waals surface area contributed by atoms with E-state index in [9.17, 15) is 31.2 Å². The Balaban J connectivity index is 1.40. The lowest BCUT2D eigenvalue weighted by Crippen LogP contribution is -2.51. The van der Waals surface area contributed by atoms with Crippen LogP contribution in [0.15, 0.2) is 23.2 Å². The molecule has 0 aromatic heterocycles. The highest BCUT2D eigenvalue weighted by atomic mass is 32.2. The summed E-state index contributed by atoms with van der Waals surface area (Å²) < 4.78 is 69.4. The summed E-state index contributed by atoms with van der Waals surface area (Å²) in [5.41, 5.74) is -2.29. The number of nitrogens with zero attached hydrogens (tertiary/aromatic N) is 3. The third kappa shape index (κ3) is 4.04. The van der Waals surface area contributed by atoms with E-state index in [1.165, 1.54) is 9.21 Å². The fourth-order valence-corrected chi connectivity index (χ4v) is 6.27. The lowest BCUT2D eigenvalue weighted by atomic mass is 9.89. The minimum Gasteiger partial charge on any atom is -0.345 e. The van der Waals surface area contributed by atoms with Crippen molar-refractivity contribution in [2.45, 2.75) is 50.2 Å². The van der Waals surface area contributed by atoms with Gasteiger partial charge < -0.3 is 10.2 Å². The van der Waals surface area contributed by atoms with Crippen molar-refractivity contribution in [2.75, 3.05) is 32.9 Å². The van der Waals surface area contributed by atoms with Gasteiger partial charge in [0.25, 0.3) is 17.7 Å². The minimum atomic E-state index is -3.67. The quantitative estimate of drug-likeness (QED) is 0.627. The highest BCUT2D eigenvalue weighted by molar-refractivity contribution is 7.89. The van der Waals surface area contributed by atoms with Gasteiger partial charge in [0.2, 0.25) is 15.7 Å². The first kappa shape index (κ1) is 25.6. The van der Waals surface area contributed by atoms with Crippen molar-refractivity contribution in [3.8, 4) is 0 Å². The summed E-state index contributed by atoms with van der Waals surface area (Å²) in [5, 5.41) is 2.19. The molecule has 2 atom stereocenters. The standard InChI is InChI=1S/C23H29F3N4O4S/c1-14-13-17(18(31)29(3)4)6-5-16(14)7-12-35(33,34)30-10-8-21(9-11-30)20(32)27-19(28-21)22(24)15(2)23(22,25)26/h5-6,13,15H,7-12H2,1-4H3,(H,27,28,32). The largest absolute Gasteiger partial charge is 0.345 e. The van der Waals surface area contributed by atoms with Crippen molar-refractivity contribution in [1.82, 2.24) is 14.5 Å². The van der Waals surface area contributed by atoms with Gasteiger partial charge >= 0.3 is 0 Å². The minimum absolute atomic E-state index is 0.0159. The van der Waals surface area contributed by atoms with Gasteiger partial charge in [-0.15, -0.1) is 0 Å². The van der Waals surface area contributed by atoms with Gasteiger partial charge in [-0.3, -0.25) is 14.6 Å². The molecule has 1 aliphatic carbocycles. The molecule has 2 unspecified atom stereocenters. The number of nitrogens with one attached hydrogen (secondary N) is 1. The van der Waals surface area contributed by atoms with E-state index in [0.717, 1.165) is 18.1 Å². The topological polar surface area (TPSA) is 99.2 Å². The first-order valence-corrected chi connectivity index (χ1v) is 13.0. The summed E-state index contributed by atoms with van der Waals surface area (Å²) >= 11 is 0. The van der Waals surface area contributed by atoms with Crippen molar-refractivity contribution < 1.29 is 31.2 Å². The van der Waals surface area contributed by atoms with Gasteiger partial charge in [-0.05, 0) is 49.4 Å². The molecule has 35 heavy (non-hydrogen) atoms.